The summed E-state index contributed by atoms with van der Waals surface area (Å²) in [7, 11) is 0. The van der Waals surface area contributed by atoms with Gasteiger partial charge < -0.3 is 24.0 Å². The number of aliphatic hydroxyl groups excluding tert-OH is 1. The van der Waals surface area contributed by atoms with Crippen LogP contribution in [0.2, 0.25) is 0 Å². The predicted octanol–water partition coefficient (Wildman–Crippen LogP) is 19.9. The number of benzene rings is 1. The Morgan fingerprint density at radius 1 is 0.401 bits per heavy atom. The minimum absolute atomic E-state index is 0. The van der Waals surface area contributed by atoms with Gasteiger partial charge in [-0.25, -0.2) is 4.98 Å². The molecule has 0 saturated carbocycles. The number of anilines is 1. The first-order valence-electron chi connectivity index (χ1n) is 51.0. The molecule has 137 heavy (non-hydrogen) atoms. The largest absolute Gasteiger partial charge is 0.395 e. The smallest absolute Gasteiger partial charge is 0.169 e. The van der Waals surface area contributed by atoms with Crippen molar-refractivity contribution in [3.63, 3.8) is 0 Å². The lowest BCUT2D eigenvalue weighted by atomic mass is 9.86. The highest BCUT2D eigenvalue weighted by Gasteiger charge is 2.42. The number of hydrogen-bond acceptors (Lipinski definition) is 23. The van der Waals surface area contributed by atoms with Crippen LogP contribution in [-0.2, 0) is 32.5 Å². The summed E-state index contributed by atoms with van der Waals surface area (Å²) >= 11 is 0. The van der Waals surface area contributed by atoms with Crippen molar-refractivity contribution in [2.45, 2.75) is 370 Å². The Kier molecular flexibility index (Phi) is 55.3. The number of ketones is 3. The van der Waals surface area contributed by atoms with Crippen molar-refractivity contribution in [2.75, 3.05) is 247 Å². The van der Waals surface area contributed by atoms with Crippen molar-refractivity contribution in [1.29, 1.82) is 0 Å². The number of pyridine rings is 1. The molecule has 0 spiro atoms. The third kappa shape index (κ3) is 48.1. The molecule has 8 aliphatic rings. The molecule has 0 unspecified atom stereocenters. The maximum absolute atomic E-state index is 12.4. The molecule has 3 aromatic rings. The molecule has 11 rings (SSSR count). The van der Waals surface area contributed by atoms with Crippen LogP contribution in [-0.4, -0.2) is 390 Å². The molecular formula is C114H224N16O7. The second kappa shape index (κ2) is 57.0. The van der Waals surface area contributed by atoms with Crippen LogP contribution < -0.4 is 4.90 Å². The number of carbonyl (C=O) groups is 3. The second-order valence-corrected chi connectivity index (χ2v) is 51.8. The van der Waals surface area contributed by atoms with Crippen LogP contribution in [0.3, 0.4) is 0 Å². The molecule has 0 amide bonds. The van der Waals surface area contributed by atoms with Crippen molar-refractivity contribution >= 4 is 23.2 Å². The minimum Gasteiger partial charge on any atom is -0.395 e. The average molecular weight is 1930 g/mol. The van der Waals surface area contributed by atoms with Crippen LogP contribution in [0.5, 0.6) is 0 Å². The van der Waals surface area contributed by atoms with Crippen LogP contribution in [0.15, 0.2) is 53.2 Å². The zero-order valence-electron chi connectivity index (χ0n) is 91.2. The summed E-state index contributed by atoms with van der Waals surface area (Å²) in [6.07, 6.45) is 4.57. The van der Waals surface area contributed by atoms with E-state index in [2.05, 4.69) is 284 Å². The molecule has 802 valence electrons. The van der Waals surface area contributed by atoms with Crippen molar-refractivity contribution < 1.29 is 33.5 Å². The van der Waals surface area contributed by atoms with E-state index in [4.69, 9.17) is 14.0 Å². The highest BCUT2D eigenvalue weighted by Crippen LogP contribution is 2.32. The Hall–Kier alpha value is -4.25. The van der Waals surface area contributed by atoms with Crippen molar-refractivity contribution in [2.24, 2.45) is 27.1 Å². The van der Waals surface area contributed by atoms with Crippen LogP contribution >= 0.6 is 0 Å². The minimum atomic E-state index is -0.383. The number of Topliss-reactive ketones (excluding diaryl/α,β-unsaturated/α-hetero) is 3. The van der Waals surface area contributed by atoms with E-state index < -0.39 is 0 Å². The number of ether oxygens (including phenoxy) is 2. The number of hydrogen-bond donors (Lipinski definition) is 1. The molecular weight excluding hydrogens is 1710 g/mol. The van der Waals surface area contributed by atoms with Crippen molar-refractivity contribution in [3.8, 4) is 0 Å². The van der Waals surface area contributed by atoms with E-state index in [1.165, 1.54) is 143 Å². The average Bonchev–Trinajstić information content (AvgIpc) is 0.940. The highest BCUT2D eigenvalue weighted by molar-refractivity contribution is 6.00. The topological polar surface area (TPSA) is 174 Å². The van der Waals surface area contributed by atoms with Gasteiger partial charge in [0.05, 0.1) is 44.3 Å². The van der Waals surface area contributed by atoms with E-state index >= 15 is 0 Å². The monoisotopic (exact) mass is 1930 g/mol. The zero-order chi connectivity index (χ0) is 98.5. The number of carbonyl (C=O) groups excluding carboxylic acids is 3. The van der Waals surface area contributed by atoms with Gasteiger partial charge in [-0.3, -0.25) is 78.1 Å². The summed E-state index contributed by atoms with van der Waals surface area (Å²) in [5.41, 5.74) is 5.01. The first kappa shape index (κ1) is 133. The van der Waals surface area contributed by atoms with E-state index in [0.717, 1.165) is 146 Å². The van der Waals surface area contributed by atoms with E-state index in [-0.39, 0.29) is 107 Å². The first-order valence-corrected chi connectivity index (χ1v) is 51.0. The molecule has 0 bridgehead atoms. The van der Waals surface area contributed by atoms with Crippen LogP contribution in [0.1, 0.15) is 338 Å². The SMILES string of the molecule is C.C.C.C.C.C.CC(C)(C)C(=O)CN1CCN(CCCc2ccc(C(=O)C(C)(C)C)cc2)[C@@H](CO)C1.CC(C)(C)C(=O)c1ccc(N2CCN(CCc3cc(C(C)(C)C)on3)CC2)nc1.CC(C)(C)CN1CC(N2CCN(C(C)(C)C)CC2)C1.CC(C)(C)COCCN1CCN(C(C)(C)C)CC1.CC(C)(C)N1CCN(C2CN(C(C)(C)C)C2)CC1.CC(C)(C)OCCN1CCN(C(C)(C)C)CC1. The van der Waals surface area contributed by atoms with E-state index in [1.807, 2.05) is 86.6 Å². The second-order valence-electron chi connectivity index (χ2n) is 51.8. The van der Waals surface area contributed by atoms with Crippen LogP contribution in [0, 0.1) is 27.1 Å². The molecule has 8 aliphatic heterocycles. The molecule has 0 aliphatic carbocycles. The summed E-state index contributed by atoms with van der Waals surface area (Å²) in [4.78, 5) is 76.9. The number of piperazine rings is 6. The van der Waals surface area contributed by atoms with E-state index in [1.54, 1.807) is 6.20 Å². The molecule has 23 heteroatoms. The van der Waals surface area contributed by atoms with Crippen molar-refractivity contribution in [1.82, 2.24) is 73.8 Å². The molecule has 1 aromatic carbocycles. The Morgan fingerprint density at radius 2 is 0.803 bits per heavy atom. The third-order valence-corrected chi connectivity index (χ3v) is 27.0. The molecule has 23 nitrogen and oxygen atoms in total. The normalized spacial score (nSPS) is 19.9. The van der Waals surface area contributed by atoms with Gasteiger partial charge in [0, 0.05) is 300 Å². The molecule has 0 radical (unpaired) electrons. The number of nitrogens with zero attached hydrogens (tertiary/aromatic N) is 16. The summed E-state index contributed by atoms with van der Waals surface area (Å²) in [5.74, 6) is 2.44. The van der Waals surface area contributed by atoms with Gasteiger partial charge in [0.15, 0.2) is 17.3 Å². The first-order chi connectivity index (χ1) is 60.1. The van der Waals surface area contributed by atoms with Gasteiger partial charge in [0.1, 0.15) is 11.6 Å². The number of aromatic nitrogens is 2. The third-order valence-electron chi connectivity index (χ3n) is 27.0. The van der Waals surface area contributed by atoms with E-state index in [9.17, 15) is 19.5 Å². The number of likely N-dealkylation sites (tertiary alicyclic amines) is 2. The zero-order valence-corrected chi connectivity index (χ0v) is 91.2. The highest BCUT2D eigenvalue weighted by atomic mass is 16.5. The van der Waals surface area contributed by atoms with Gasteiger partial charge in [-0.1, -0.05) is 199 Å². The van der Waals surface area contributed by atoms with Gasteiger partial charge in [-0.15, -0.1) is 0 Å². The van der Waals surface area contributed by atoms with Crippen LogP contribution in [0.25, 0.3) is 0 Å². The fourth-order valence-corrected chi connectivity index (χ4v) is 17.8. The molecule has 8 saturated heterocycles. The molecule has 2 aromatic heterocycles. The van der Waals surface area contributed by atoms with Gasteiger partial charge in [0.25, 0.3) is 0 Å². The number of rotatable bonds is 23. The molecule has 1 N–H and O–H groups in total. The summed E-state index contributed by atoms with van der Waals surface area (Å²) in [5, 5.41) is 14.1. The van der Waals surface area contributed by atoms with Gasteiger partial charge in [-0.2, -0.15) is 0 Å². The van der Waals surface area contributed by atoms with Gasteiger partial charge in [-0.05, 0) is 173 Å². The lowest BCUT2D eigenvalue weighted by Crippen LogP contribution is -2.67. The predicted molar refractivity (Wildman–Crippen MR) is 590 cm³/mol. The lowest BCUT2D eigenvalue weighted by Gasteiger charge is -2.53. The number of aliphatic hydroxyl groups is 1. The maximum atomic E-state index is 12.4. The quantitative estimate of drug-likeness (QED) is 0.0700. The maximum Gasteiger partial charge on any atom is 0.169 e. The van der Waals surface area contributed by atoms with Crippen LogP contribution in [0.4, 0.5) is 5.82 Å². The Morgan fingerprint density at radius 3 is 1.18 bits per heavy atom. The standard InChI is InChI=1S/C25H40N2O3.C23H34N4O2.C16H33N3.C15H31N3.C15H32N2O.C14H30N2O.6CH4/c1-24(2,3)22(29)17-26-14-15-27(21(16-26)18-28)13-7-8-19-9-11-20(12-10-19)23(30)25(4,5)6;1-22(2,3)19-15-18(25-29-19)9-10-26-11-13-27(14-12-26)20-8-7-17(16-24-20)21(28)23(4,5)6;1-15(2,3)13-17-11-14(12-17)18-7-9-19(10-8-18)16(4,5)6;1-14(2,3)17-9-7-16(8-10-17)13-11-18(12-13)15(4,5)6;1-14(2,3)13-18-12-11-16-7-9-17(10-8-16)15(4,5)6;1-13(2,3)16-9-7-15(8-10-16)11-12-17-14(4,5)6;;;;;;/h9-12,21,28H,7-8,13-18H2,1-6H3;7-8,15-16H,9-14H2,1-6H3;14H,7-13H2,1-6H3;13H,7-12H2,1-6H3;7-13H2,1-6H3;7-12H2,1-6H3;6*1H4/t21-;;;;;;;;;;;/m1.........../s1. The van der Waals surface area contributed by atoms with Gasteiger partial charge >= 0.3 is 0 Å². The summed E-state index contributed by atoms with van der Waals surface area (Å²) in [6, 6.07) is 15.7. The fourth-order valence-electron chi connectivity index (χ4n) is 17.8. The molecule has 10 heterocycles. The Balaban J connectivity index is 0.00000163. The molecule has 8 fully saturated rings. The summed E-state index contributed by atoms with van der Waals surface area (Å²) in [6.45, 7) is 118. The Bertz CT molecular complexity index is 3750. The summed E-state index contributed by atoms with van der Waals surface area (Å²) < 4.78 is 17.0. The van der Waals surface area contributed by atoms with E-state index in [0.29, 0.717) is 45.2 Å². The van der Waals surface area contributed by atoms with Crippen molar-refractivity contribution in [3.05, 3.63) is 76.8 Å². The molecule has 1 atom stereocenters. The fraction of sp³-hybridized carbons (Fsp3) is 0.851. The lowest BCUT2D eigenvalue weighted by molar-refractivity contribution is -0.128. The Labute approximate surface area is 846 Å². The number of aryl methyl sites for hydroxylation is 1. The van der Waals surface area contributed by atoms with Gasteiger partial charge in [0.2, 0.25) is 0 Å².